The topological polar surface area (TPSA) is 55.5 Å². The summed E-state index contributed by atoms with van der Waals surface area (Å²) < 4.78 is 53.4. The molecule has 7 heteroatoms. The lowest BCUT2D eigenvalue weighted by Crippen LogP contribution is -2.44. The van der Waals surface area contributed by atoms with Gasteiger partial charge in [-0.15, -0.1) is 0 Å². The van der Waals surface area contributed by atoms with E-state index in [1.807, 2.05) is 13.8 Å². The largest absolute Gasteiger partial charge is 0.394 e. The van der Waals surface area contributed by atoms with Crippen LogP contribution in [0.4, 0.5) is 17.6 Å². The highest BCUT2D eigenvalue weighted by Crippen LogP contribution is 2.24. The predicted molar refractivity (Wildman–Crippen MR) is 55.2 cm³/mol. The molecule has 0 aliphatic heterocycles. The third-order valence-electron chi connectivity index (χ3n) is 2.21. The number of hydrogen-bond acceptors (Lipinski definition) is 3. The quantitative estimate of drug-likeness (QED) is 0.653. The Morgan fingerprint density at radius 2 is 1.82 bits per heavy atom. The molecule has 2 unspecified atom stereocenters. The summed E-state index contributed by atoms with van der Waals surface area (Å²) in [5.74, 6) is -4.02. The average molecular weight is 261 g/mol. The molecule has 3 nitrogen and oxygen atoms in total. The maximum absolute atomic E-state index is 12.6. The van der Waals surface area contributed by atoms with Gasteiger partial charge in [0.1, 0.15) is 6.61 Å². The first-order valence-electron chi connectivity index (χ1n) is 5.34. The van der Waals surface area contributed by atoms with Gasteiger partial charge in [-0.1, -0.05) is 13.8 Å². The first-order valence-corrected chi connectivity index (χ1v) is 5.34. The highest BCUT2D eigenvalue weighted by atomic mass is 19.3. The van der Waals surface area contributed by atoms with Crippen molar-refractivity contribution in [2.45, 2.75) is 44.8 Å². The second-order valence-electron chi connectivity index (χ2n) is 4.39. The van der Waals surface area contributed by atoms with E-state index >= 15 is 0 Å². The fourth-order valence-electron chi connectivity index (χ4n) is 1.29. The lowest BCUT2D eigenvalue weighted by Gasteiger charge is -2.25. The Hall–Kier alpha value is -0.400. The molecule has 0 aromatic heterocycles. The maximum Gasteiger partial charge on any atom is 0.330 e. The van der Waals surface area contributed by atoms with E-state index < -0.39 is 37.7 Å². The maximum atomic E-state index is 12.6. The third kappa shape index (κ3) is 6.18. The summed E-state index contributed by atoms with van der Waals surface area (Å²) in [4.78, 5) is 0. The summed E-state index contributed by atoms with van der Waals surface area (Å²) >= 11 is 0. The van der Waals surface area contributed by atoms with Crippen molar-refractivity contribution in [1.29, 1.82) is 0 Å². The van der Waals surface area contributed by atoms with E-state index in [-0.39, 0.29) is 5.92 Å². The van der Waals surface area contributed by atoms with Crippen LogP contribution in [0.3, 0.4) is 0 Å². The number of ether oxygens (including phenoxy) is 1. The van der Waals surface area contributed by atoms with Crippen LogP contribution in [0.2, 0.25) is 0 Å². The Labute approximate surface area is 97.9 Å². The Morgan fingerprint density at radius 3 is 2.18 bits per heavy atom. The van der Waals surface area contributed by atoms with E-state index in [2.05, 4.69) is 4.74 Å². The lowest BCUT2D eigenvalue weighted by atomic mass is 10.0. The average Bonchev–Trinajstić information content (AvgIpc) is 2.16. The number of aliphatic hydroxyl groups is 1. The lowest BCUT2D eigenvalue weighted by molar-refractivity contribution is -0.181. The van der Waals surface area contributed by atoms with Crippen LogP contribution < -0.4 is 5.73 Å². The van der Waals surface area contributed by atoms with E-state index in [4.69, 9.17) is 10.8 Å². The van der Waals surface area contributed by atoms with Crippen LogP contribution in [0.5, 0.6) is 0 Å². The summed E-state index contributed by atoms with van der Waals surface area (Å²) in [7, 11) is 0. The van der Waals surface area contributed by atoms with E-state index in [0.29, 0.717) is 6.42 Å². The molecule has 0 radical (unpaired) electrons. The van der Waals surface area contributed by atoms with Crippen molar-refractivity contribution in [1.82, 2.24) is 0 Å². The number of hydrogen-bond donors (Lipinski definition) is 2. The van der Waals surface area contributed by atoms with Crippen LogP contribution in [0.25, 0.3) is 0 Å². The summed E-state index contributed by atoms with van der Waals surface area (Å²) in [6.07, 6.45) is -4.39. The molecule has 0 spiro atoms. The molecular formula is C10H19F4NO2. The van der Waals surface area contributed by atoms with Gasteiger partial charge in [-0.3, -0.25) is 0 Å². The molecule has 0 fully saturated rings. The van der Waals surface area contributed by atoms with Crippen molar-refractivity contribution in [2.24, 2.45) is 11.7 Å². The molecule has 104 valence electrons. The van der Waals surface area contributed by atoms with Crippen molar-refractivity contribution >= 4 is 0 Å². The van der Waals surface area contributed by atoms with Crippen LogP contribution in [0.15, 0.2) is 0 Å². The summed E-state index contributed by atoms with van der Waals surface area (Å²) in [5, 5.41) is 8.91. The second kappa shape index (κ2) is 7.13. The minimum absolute atomic E-state index is 0.193. The summed E-state index contributed by atoms with van der Waals surface area (Å²) in [6, 6.07) is -0.659. The zero-order valence-corrected chi connectivity index (χ0v) is 9.88. The van der Waals surface area contributed by atoms with E-state index in [9.17, 15) is 17.6 Å². The number of aliphatic hydroxyl groups excluding tert-OH is 1. The second-order valence-corrected chi connectivity index (χ2v) is 4.39. The highest BCUT2D eigenvalue weighted by molar-refractivity contribution is 4.76. The molecule has 0 amide bonds. The Balaban J connectivity index is 4.22. The molecule has 0 bridgehead atoms. The van der Waals surface area contributed by atoms with Crippen molar-refractivity contribution in [3.63, 3.8) is 0 Å². The fourth-order valence-corrected chi connectivity index (χ4v) is 1.29. The predicted octanol–water partition coefficient (Wildman–Crippen LogP) is 1.64. The molecule has 2 atom stereocenters. The summed E-state index contributed by atoms with van der Waals surface area (Å²) in [5.41, 5.74) is 5.62. The number of alkyl halides is 4. The zero-order chi connectivity index (χ0) is 13.6. The van der Waals surface area contributed by atoms with Gasteiger partial charge in [-0.2, -0.15) is 8.78 Å². The molecule has 0 aromatic rings. The number of nitrogens with two attached hydrogens (primary N) is 1. The van der Waals surface area contributed by atoms with Gasteiger partial charge in [0.05, 0.1) is 12.7 Å². The van der Waals surface area contributed by atoms with E-state index in [1.165, 1.54) is 0 Å². The number of halogens is 4. The molecule has 0 saturated heterocycles. The van der Waals surface area contributed by atoms with Crippen molar-refractivity contribution in [3.05, 3.63) is 0 Å². The molecule has 0 rings (SSSR count). The summed E-state index contributed by atoms with van der Waals surface area (Å²) in [6.45, 7) is 1.71. The molecule has 0 aliphatic rings. The zero-order valence-electron chi connectivity index (χ0n) is 9.88. The van der Waals surface area contributed by atoms with Crippen molar-refractivity contribution in [3.8, 4) is 0 Å². The SMILES string of the molecule is CC(C)CC(N)C(CO)OCC(F)(F)C(F)F. The molecular weight excluding hydrogens is 242 g/mol. The molecule has 0 saturated carbocycles. The molecule has 3 N–H and O–H groups in total. The minimum atomic E-state index is -4.22. The minimum Gasteiger partial charge on any atom is -0.394 e. The van der Waals surface area contributed by atoms with Crippen LogP contribution in [0.1, 0.15) is 20.3 Å². The Bertz CT molecular complexity index is 214. The monoisotopic (exact) mass is 261 g/mol. The third-order valence-corrected chi connectivity index (χ3v) is 2.21. The Morgan fingerprint density at radius 1 is 1.29 bits per heavy atom. The van der Waals surface area contributed by atoms with Crippen LogP contribution in [-0.4, -0.2) is 42.8 Å². The number of rotatable bonds is 8. The van der Waals surface area contributed by atoms with Crippen LogP contribution >= 0.6 is 0 Å². The van der Waals surface area contributed by atoms with Gasteiger partial charge in [0.15, 0.2) is 0 Å². The first kappa shape index (κ1) is 16.6. The van der Waals surface area contributed by atoms with Gasteiger partial charge >= 0.3 is 12.3 Å². The van der Waals surface area contributed by atoms with Crippen molar-refractivity contribution < 1.29 is 27.4 Å². The molecule has 17 heavy (non-hydrogen) atoms. The highest BCUT2D eigenvalue weighted by Gasteiger charge is 2.42. The van der Waals surface area contributed by atoms with Gasteiger partial charge in [-0.25, -0.2) is 8.78 Å². The van der Waals surface area contributed by atoms with Crippen LogP contribution in [0, 0.1) is 5.92 Å². The molecule has 0 aromatic carbocycles. The molecule has 0 aliphatic carbocycles. The van der Waals surface area contributed by atoms with Gasteiger partial charge in [0, 0.05) is 6.04 Å². The van der Waals surface area contributed by atoms with Gasteiger partial charge in [0.2, 0.25) is 0 Å². The van der Waals surface area contributed by atoms with Crippen LogP contribution in [-0.2, 0) is 4.74 Å². The normalized spacial score (nSPS) is 16.6. The first-order chi connectivity index (χ1) is 7.70. The van der Waals surface area contributed by atoms with E-state index in [1.54, 1.807) is 0 Å². The van der Waals surface area contributed by atoms with Crippen molar-refractivity contribution in [2.75, 3.05) is 13.2 Å². The van der Waals surface area contributed by atoms with Gasteiger partial charge in [0.25, 0.3) is 0 Å². The van der Waals surface area contributed by atoms with Gasteiger partial charge < -0.3 is 15.6 Å². The Kier molecular flexibility index (Phi) is 6.96. The van der Waals surface area contributed by atoms with E-state index in [0.717, 1.165) is 0 Å². The fraction of sp³-hybridized carbons (Fsp3) is 1.00. The smallest absolute Gasteiger partial charge is 0.330 e. The standard InChI is InChI=1S/C10H19F4NO2/c1-6(2)3-7(15)8(4-16)17-5-10(13,14)9(11)12/h6-9,16H,3-5,15H2,1-2H3. The van der Waals surface area contributed by atoms with Gasteiger partial charge in [-0.05, 0) is 12.3 Å². The molecule has 0 heterocycles.